The summed E-state index contributed by atoms with van der Waals surface area (Å²) in [5.74, 6) is -5.73. The van der Waals surface area contributed by atoms with E-state index in [1.54, 1.807) is 146 Å². The Bertz CT molecular complexity index is 4870. The van der Waals surface area contributed by atoms with E-state index in [-0.39, 0.29) is 127 Å². The summed E-state index contributed by atoms with van der Waals surface area (Å²) in [6, 6.07) is 10.2. The van der Waals surface area contributed by atoms with Crippen LogP contribution in [-0.2, 0) is 79.9 Å². The van der Waals surface area contributed by atoms with E-state index < -0.39 is 128 Å². The largest absolute Gasteiger partial charge is 0.460 e. The van der Waals surface area contributed by atoms with Crippen molar-refractivity contribution in [2.45, 2.75) is 479 Å². The molecule has 0 radical (unpaired) electrons. The lowest BCUT2D eigenvalue weighted by Crippen LogP contribution is -2.50. The fourth-order valence-electron chi connectivity index (χ4n) is 19.4. The summed E-state index contributed by atoms with van der Waals surface area (Å²) >= 11 is 0. The van der Waals surface area contributed by atoms with E-state index in [0.717, 1.165) is 128 Å². The molecule has 0 unspecified atom stereocenters. The molecule has 9 rings (SSSR count). The highest BCUT2D eigenvalue weighted by Gasteiger charge is 2.45. The normalized spacial score (nSPS) is 13.6. The smallest absolute Gasteiger partial charge is 0.306 e. The molecular formula is C110H162N10O18. The first-order valence-corrected chi connectivity index (χ1v) is 51.7. The summed E-state index contributed by atoms with van der Waals surface area (Å²) in [6.45, 7) is 40.6. The van der Waals surface area contributed by atoms with Crippen molar-refractivity contribution in [1.29, 1.82) is 0 Å². The summed E-state index contributed by atoms with van der Waals surface area (Å²) in [7, 11) is 0. The van der Waals surface area contributed by atoms with Crippen molar-refractivity contribution in [3.05, 3.63) is 71.0 Å². The van der Waals surface area contributed by atoms with Gasteiger partial charge in [-0.15, -0.1) is 10.2 Å². The van der Waals surface area contributed by atoms with Gasteiger partial charge in [-0.25, -0.2) is 0 Å². The minimum absolute atomic E-state index is 0.0190. The first kappa shape index (κ1) is 111. The van der Waals surface area contributed by atoms with Gasteiger partial charge >= 0.3 is 35.8 Å². The van der Waals surface area contributed by atoms with Gasteiger partial charge in [-0.3, -0.25) is 76.7 Å². The number of aryl methyl sites for hydroxylation is 2. The number of rotatable bonds is 56. The molecule has 4 heterocycles. The summed E-state index contributed by atoms with van der Waals surface area (Å²) in [6.07, 6.45) is 25.0. The number of esters is 6. The Morgan fingerprint density at radius 1 is 0.297 bits per heavy atom. The van der Waals surface area contributed by atoms with Crippen molar-refractivity contribution in [2.75, 3.05) is 0 Å². The molecule has 0 bridgehead atoms. The van der Waals surface area contributed by atoms with E-state index in [2.05, 4.69) is 38.3 Å². The average Bonchev–Trinajstić information content (AvgIpc) is 0.835. The molecule has 2 aliphatic heterocycles. The molecule has 5 aromatic carbocycles. The van der Waals surface area contributed by atoms with Gasteiger partial charge in [0.25, 0.3) is 23.6 Å². The Kier molecular flexibility index (Phi) is 39.7. The van der Waals surface area contributed by atoms with E-state index in [0.29, 0.717) is 102 Å². The van der Waals surface area contributed by atoms with Crippen LogP contribution in [0.1, 0.15) is 451 Å². The summed E-state index contributed by atoms with van der Waals surface area (Å²) in [4.78, 5) is 179. The molecule has 2 aliphatic rings. The molecule has 7 aromatic rings. The number of hydrogen-bond donors (Lipinski definition) is 2. The predicted molar refractivity (Wildman–Crippen MR) is 538 cm³/mol. The highest BCUT2D eigenvalue weighted by atomic mass is 16.6. The van der Waals surface area contributed by atoms with Gasteiger partial charge < -0.3 is 39.1 Å². The maximum absolute atomic E-state index is 16.4. The maximum Gasteiger partial charge on any atom is 0.306 e. The molecule has 2 aromatic heterocycles. The number of aromatic nitrogens is 6. The molecule has 0 aliphatic carbocycles. The first-order valence-electron chi connectivity index (χ1n) is 51.7. The molecule has 0 saturated heterocycles. The third-order valence-corrected chi connectivity index (χ3v) is 25.6. The number of amides is 6. The Morgan fingerprint density at radius 2 is 0.543 bits per heavy atom. The zero-order valence-electron chi connectivity index (χ0n) is 87.4. The van der Waals surface area contributed by atoms with Crippen LogP contribution in [0.2, 0.25) is 0 Å². The number of carbonyl (C=O) groups excluding carboxylic acids is 12. The first-order chi connectivity index (χ1) is 64.9. The molecule has 28 nitrogen and oxygen atoms in total. The highest BCUT2D eigenvalue weighted by molar-refractivity contribution is 6.44. The lowest BCUT2D eigenvalue weighted by atomic mass is 9.78. The van der Waals surface area contributed by atoms with Gasteiger partial charge in [0.1, 0.15) is 45.0 Å². The van der Waals surface area contributed by atoms with Crippen LogP contribution >= 0.6 is 0 Å². The number of ether oxygens (including phenoxy) is 6. The molecule has 760 valence electrons. The Labute approximate surface area is 818 Å². The summed E-state index contributed by atoms with van der Waals surface area (Å²) in [5, 5.41) is 30.0. The van der Waals surface area contributed by atoms with Crippen LogP contribution in [-0.4, -0.2) is 168 Å². The zero-order chi connectivity index (χ0) is 101. The minimum Gasteiger partial charge on any atom is -0.460 e. The molecular weight excluding hydrogens is 1750 g/mol. The van der Waals surface area contributed by atoms with Crippen LogP contribution in [0, 0.1) is 0 Å². The van der Waals surface area contributed by atoms with Gasteiger partial charge in [0, 0.05) is 143 Å². The number of nitrogens with one attached hydrogen (secondary N) is 2. The average molecular weight is 1910 g/mol. The molecule has 138 heavy (non-hydrogen) atoms. The number of carbonyl (C=O) groups is 12. The van der Waals surface area contributed by atoms with Crippen molar-refractivity contribution < 1.29 is 86.0 Å². The summed E-state index contributed by atoms with van der Waals surface area (Å²) in [5.41, 5.74) is -4.72. The van der Waals surface area contributed by atoms with Crippen molar-refractivity contribution in [3.63, 3.8) is 0 Å². The van der Waals surface area contributed by atoms with Crippen molar-refractivity contribution in [3.8, 4) is 22.5 Å². The minimum atomic E-state index is -1.29. The summed E-state index contributed by atoms with van der Waals surface area (Å²) < 4.78 is 37.7. The third kappa shape index (κ3) is 32.4. The van der Waals surface area contributed by atoms with E-state index >= 15 is 19.2 Å². The number of nitrogens with zero attached hydrogens (tertiary/aromatic N) is 8. The fourth-order valence-corrected chi connectivity index (χ4v) is 19.4. The predicted octanol–water partition coefficient (Wildman–Crippen LogP) is 23.6. The van der Waals surface area contributed by atoms with Gasteiger partial charge in [-0.1, -0.05) is 179 Å². The van der Waals surface area contributed by atoms with Crippen molar-refractivity contribution in [1.82, 2.24) is 50.4 Å². The number of hydrogen-bond acceptors (Lipinski definition) is 22. The van der Waals surface area contributed by atoms with Crippen LogP contribution in [0.3, 0.4) is 0 Å². The molecule has 2 N–H and O–H groups in total. The van der Waals surface area contributed by atoms with Crippen molar-refractivity contribution in [2.24, 2.45) is 0 Å². The quantitative estimate of drug-likeness (QED) is 0.00893. The maximum atomic E-state index is 16.4. The lowest BCUT2D eigenvalue weighted by molar-refractivity contribution is -0.158. The van der Waals surface area contributed by atoms with E-state index in [9.17, 15) is 38.4 Å². The topological polar surface area (TPSA) is 352 Å². The molecule has 0 spiro atoms. The fraction of sp³-hybridized carbons (Fsp3) is 0.673. The monoisotopic (exact) mass is 1910 g/mol. The Balaban J connectivity index is 1.21. The van der Waals surface area contributed by atoms with Gasteiger partial charge in [0.05, 0.1) is 12.4 Å². The number of unbranched alkanes of at least 4 members (excludes halogenated alkanes) is 16. The van der Waals surface area contributed by atoms with Crippen LogP contribution in [0.25, 0.3) is 65.6 Å². The second kappa shape index (κ2) is 49.2. The van der Waals surface area contributed by atoms with Crippen LogP contribution < -0.4 is 10.6 Å². The molecule has 28 heteroatoms. The lowest BCUT2D eigenvalue weighted by Gasteiger charge is -2.36. The van der Waals surface area contributed by atoms with Crippen molar-refractivity contribution >= 4 is 114 Å². The van der Waals surface area contributed by atoms with E-state index in [1.165, 1.54) is 9.80 Å². The van der Waals surface area contributed by atoms with Gasteiger partial charge in [-0.05, 0) is 247 Å². The molecule has 0 fully saturated rings. The van der Waals surface area contributed by atoms with Crippen LogP contribution in [0.4, 0.5) is 0 Å². The second-order valence-electron chi connectivity index (χ2n) is 44.7. The second-order valence-corrected chi connectivity index (χ2v) is 44.7. The molecule has 6 amide bonds. The Hall–Kier alpha value is -10.3. The van der Waals surface area contributed by atoms with Crippen LogP contribution in [0.5, 0.6) is 0 Å². The van der Waals surface area contributed by atoms with E-state index in [4.69, 9.17) is 49.0 Å². The molecule has 0 atom stereocenters. The van der Waals surface area contributed by atoms with E-state index in [1.807, 2.05) is 36.4 Å². The molecule has 0 saturated carbocycles. The van der Waals surface area contributed by atoms with Gasteiger partial charge in [0.15, 0.2) is 0 Å². The number of benzene rings is 5. The SMILES string of the molecule is CCCCCCCC(CCCCCCC)N1C(=O)c2ccc3c4c(-c5cn(CCCC(=O)NC(CCC(=O)OC(C)(C)C)(CCC(=O)OC(C)(C)C)CCC(=O)OC(C)(C)C)nn5)cc5c6c(ccc(c7c(-c8cn(CCCC(=O)NC(CCC(=O)OC(C)(C)C)(CCC(=O)OC(C)(C)C)CCC(=O)OC(C)(C)C)nn8)cc(c2c37)C1=O)c64)C(=O)N(C(CCCCCCC)CCCCCCC)C5=O. The zero-order valence-corrected chi connectivity index (χ0v) is 87.4. The van der Waals surface area contributed by atoms with Gasteiger partial charge in [-0.2, -0.15) is 0 Å². The highest BCUT2D eigenvalue weighted by Crippen LogP contribution is 2.53. The third-order valence-electron chi connectivity index (χ3n) is 25.6. The van der Waals surface area contributed by atoms with Gasteiger partial charge in [0.2, 0.25) is 11.8 Å². The van der Waals surface area contributed by atoms with Crippen LogP contribution in [0.15, 0.2) is 48.8 Å². The standard InChI is InChI=1S/C110H162N10O18/c1-23-27-31-35-39-45-73(46-40-36-32-28-24-2)119-99(129)77-53-51-75-94-80(84-72-118(116-114-84)68-44-50-86(122)112-110(64-58-90(126)136-106(14,15)16,65-59-91(127)137-107(17,18)19)66-60-92(128)138-108(20,21)22)70-82-96-78(100(130)120(102(82)132)74(47-41-37-33-29-25-3)48-42-38-34-30-26-4)54-52-76(98(94)96)93-79(69-81(101(119)131)95(77)97(75)93)83-71-117(115-113-83)67-43-49-85(121)111-109(61-55-87(123)133-103(5,6)7,62-56-88(124)134-104(8,9)10)63-57-89(125)135-105(11,12)13/h51-54,69-74H,23-50,55-68H2,1-22H3,(H,111,121)(H,112,122). The Morgan fingerprint density at radius 3 is 0.790 bits per heavy atom. The number of fused-ring (bicyclic) bond motifs is 2. The number of imide groups is 2.